The number of halogens is 1. The fourth-order valence-electron chi connectivity index (χ4n) is 2.67. The maximum Gasteiger partial charge on any atom is 0.279 e. The van der Waals surface area contributed by atoms with Crippen molar-refractivity contribution in [2.45, 2.75) is 13.0 Å². The Morgan fingerprint density at radius 2 is 1.70 bits per heavy atom. The Labute approximate surface area is 178 Å². The van der Waals surface area contributed by atoms with E-state index in [4.69, 9.17) is 16.3 Å². The number of fused-ring (bicyclic) bond motifs is 1. The number of rotatable bonds is 6. The fraction of sp³-hybridized carbons (Fsp3) is 0.136. The van der Waals surface area contributed by atoms with Gasteiger partial charge in [-0.15, -0.1) is 0 Å². The zero-order chi connectivity index (χ0) is 21.5. The third kappa shape index (κ3) is 5.71. The molecular weight excluding hydrogens is 406 g/mol. The van der Waals surface area contributed by atoms with Gasteiger partial charge in [0.05, 0.1) is 6.54 Å². The molecule has 0 spiro atoms. The molecule has 0 heterocycles. The molecule has 0 bridgehead atoms. The molecule has 3 amide bonds. The quantitative estimate of drug-likeness (QED) is 0.529. The van der Waals surface area contributed by atoms with E-state index in [1.165, 1.54) is 6.07 Å². The molecule has 0 saturated carbocycles. The smallest absolute Gasteiger partial charge is 0.279 e. The van der Waals surface area contributed by atoms with Crippen LogP contribution in [0.15, 0.2) is 66.7 Å². The third-order valence-electron chi connectivity index (χ3n) is 4.22. The first-order valence-electron chi connectivity index (χ1n) is 9.20. The average molecular weight is 426 g/mol. The van der Waals surface area contributed by atoms with Crippen LogP contribution in [-0.2, 0) is 9.59 Å². The number of benzene rings is 3. The fourth-order valence-corrected chi connectivity index (χ4v) is 2.86. The topological polar surface area (TPSA) is 96.5 Å². The maximum absolute atomic E-state index is 12.2. The van der Waals surface area contributed by atoms with Gasteiger partial charge < -0.3 is 10.1 Å². The van der Waals surface area contributed by atoms with Crippen molar-refractivity contribution in [2.75, 3.05) is 6.54 Å². The highest BCUT2D eigenvalue weighted by Gasteiger charge is 2.16. The number of carbonyl (C=O) groups is 3. The zero-order valence-electron chi connectivity index (χ0n) is 16.1. The highest BCUT2D eigenvalue weighted by atomic mass is 35.5. The standard InChI is InChI=1S/C22H20ClN3O4/c1-14(30-19-10-9-15-5-2-3-6-16(15)12-19)21(28)26-25-20(27)13-24-22(29)17-7-4-8-18(23)11-17/h2-12,14H,13H2,1H3,(H,24,29)(H,25,27)(H,26,28). The van der Waals surface area contributed by atoms with E-state index >= 15 is 0 Å². The van der Waals surface area contributed by atoms with Crippen molar-refractivity contribution in [1.29, 1.82) is 0 Å². The van der Waals surface area contributed by atoms with Crippen LogP contribution in [0.1, 0.15) is 17.3 Å². The van der Waals surface area contributed by atoms with E-state index < -0.39 is 23.8 Å². The van der Waals surface area contributed by atoms with Gasteiger partial charge in [-0.1, -0.05) is 48.0 Å². The lowest BCUT2D eigenvalue weighted by atomic mass is 10.1. The maximum atomic E-state index is 12.2. The van der Waals surface area contributed by atoms with Gasteiger partial charge in [0.1, 0.15) is 5.75 Å². The highest BCUT2D eigenvalue weighted by molar-refractivity contribution is 6.31. The Kier molecular flexibility index (Phi) is 6.87. The summed E-state index contributed by atoms with van der Waals surface area (Å²) in [6.45, 7) is 1.25. The van der Waals surface area contributed by atoms with E-state index in [-0.39, 0.29) is 6.54 Å². The summed E-state index contributed by atoms with van der Waals surface area (Å²) >= 11 is 5.83. The molecule has 7 nitrogen and oxygen atoms in total. The molecule has 8 heteroatoms. The molecule has 30 heavy (non-hydrogen) atoms. The summed E-state index contributed by atoms with van der Waals surface area (Å²) in [5.74, 6) is -1.03. The van der Waals surface area contributed by atoms with Crippen LogP contribution < -0.4 is 20.9 Å². The van der Waals surface area contributed by atoms with Crippen LogP contribution in [-0.4, -0.2) is 30.4 Å². The lowest BCUT2D eigenvalue weighted by Crippen LogP contribution is -2.50. The van der Waals surface area contributed by atoms with Crippen LogP contribution >= 0.6 is 11.6 Å². The summed E-state index contributed by atoms with van der Waals surface area (Å²) in [7, 11) is 0. The molecule has 0 aliphatic rings. The molecule has 0 aliphatic heterocycles. The Bertz CT molecular complexity index is 1090. The molecule has 0 fully saturated rings. The van der Waals surface area contributed by atoms with Crippen molar-refractivity contribution in [2.24, 2.45) is 0 Å². The largest absolute Gasteiger partial charge is 0.481 e. The van der Waals surface area contributed by atoms with Crippen molar-refractivity contribution >= 4 is 40.1 Å². The first-order chi connectivity index (χ1) is 14.4. The minimum atomic E-state index is -0.840. The molecule has 154 valence electrons. The van der Waals surface area contributed by atoms with Crippen molar-refractivity contribution in [3.05, 3.63) is 77.3 Å². The number of amides is 3. The normalized spacial score (nSPS) is 11.4. The second kappa shape index (κ2) is 9.76. The molecule has 3 aromatic carbocycles. The molecule has 0 aromatic heterocycles. The second-order valence-corrected chi connectivity index (χ2v) is 6.94. The number of hydrazine groups is 1. The minimum Gasteiger partial charge on any atom is -0.481 e. The molecule has 0 saturated heterocycles. The molecule has 0 radical (unpaired) electrons. The number of hydrogen-bond donors (Lipinski definition) is 3. The Morgan fingerprint density at radius 3 is 2.47 bits per heavy atom. The van der Waals surface area contributed by atoms with Crippen molar-refractivity contribution in [1.82, 2.24) is 16.2 Å². The van der Waals surface area contributed by atoms with Gasteiger partial charge in [-0.3, -0.25) is 25.2 Å². The molecule has 3 aromatic rings. The van der Waals surface area contributed by atoms with Crippen LogP contribution in [0, 0.1) is 0 Å². The number of ether oxygens (including phenoxy) is 1. The van der Waals surface area contributed by atoms with E-state index in [0.29, 0.717) is 16.3 Å². The first-order valence-corrected chi connectivity index (χ1v) is 9.58. The van der Waals surface area contributed by atoms with Gasteiger partial charge in [-0.05, 0) is 48.0 Å². The summed E-state index contributed by atoms with van der Waals surface area (Å²) in [6.07, 6.45) is -0.840. The van der Waals surface area contributed by atoms with Crippen LogP contribution in [0.5, 0.6) is 5.75 Å². The molecule has 1 atom stereocenters. The molecular formula is C22H20ClN3O4. The van der Waals surface area contributed by atoms with Gasteiger partial charge in [0.15, 0.2) is 6.10 Å². The van der Waals surface area contributed by atoms with E-state index in [1.807, 2.05) is 36.4 Å². The van der Waals surface area contributed by atoms with Crippen LogP contribution in [0.25, 0.3) is 10.8 Å². The lowest BCUT2D eigenvalue weighted by Gasteiger charge is -2.15. The van der Waals surface area contributed by atoms with E-state index in [0.717, 1.165) is 10.8 Å². The van der Waals surface area contributed by atoms with Crippen LogP contribution in [0.4, 0.5) is 0 Å². The first kappa shape index (κ1) is 21.1. The second-order valence-electron chi connectivity index (χ2n) is 6.50. The van der Waals surface area contributed by atoms with Crippen LogP contribution in [0.3, 0.4) is 0 Å². The number of hydrogen-bond acceptors (Lipinski definition) is 4. The summed E-state index contributed by atoms with van der Waals surface area (Å²) in [4.78, 5) is 36.0. The van der Waals surface area contributed by atoms with E-state index in [2.05, 4.69) is 16.2 Å². The predicted octanol–water partition coefficient (Wildman–Crippen LogP) is 2.84. The Morgan fingerprint density at radius 1 is 0.933 bits per heavy atom. The molecule has 3 N–H and O–H groups in total. The summed E-state index contributed by atoms with van der Waals surface area (Å²) in [5.41, 5.74) is 4.84. The van der Waals surface area contributed by atoms with Gasteiger partial charge in [-0.2, -0.15) is 0 Å². The Hall–Kier alpha value is -3.58. The summed E-state index contributed by atoms with van der Waals surface area (Å²) in [5, 5.41) is 4.92. The van der Waals surface area contributed by atoms with Gasteiger partial charge in [-0.25, -0.2) is 0 Å². The molecule has 3 rings (SSSR count). The van der Waals surface area contributed by atoms with Gasteiger partial charge in [0, 0.05) is 10.6 Å². The summed E-state index contributed by atoms with van der Waals surface area (Å²) in [6, 6.07) is 19.6. The Balaban J connectivity index is 1.44. The monoisotopic (exact) mass is 425 g/mol. The zero-order valence-corrected chi connectivity index (χ0v) is 16.9. The predicted molar refractivity (Wildman–Crippen MR) is 114 cm³/mol. The van der Waals surface area contributed by atoms with Crippen molar-refractivity contribution < 1.29 is 19.1 Å². The van der Waals surface area contributed by atoms with Crippen molar-refractivity contribution in [3.63, 3.8) is 0 Å². The van der Waals surface area contributed by atoms with Gasteiger partial charge in [0.25, 0.3) is 17.7 Å². The highest BCUT2D eigenvalue weighted by Crippen LogP contribution is 2.21. The van der Waals surface area contributed by atoms with Crippen molar-refractivity contribution in [3.8, 4) is 5.75 Å². The van der Waals surface area contributed by atoms with E-state index in [1.54, 1.807) is 31.2 Å². The SMILES string of the molecule is CC(Oc1ccc2ccccc2c1)C(=O)NNC(=O)CNC(=O)c1cccc(Cl)c1. The molecule has 1 unspecified atom stereocenters. The lowest BCUT2D eigenvalue weighted by molar-refractivity contribution is -0.132. The average Bonchev–Trinajstić information content (AvgIpc) is 2.75. The van der Waals surface area contributed by atoms with Gasteiger partial charge >= 0.3 is 0 Å². The number of nitrogens with one attached hydrogen (secondary N) is 3. The summed E-state index contributed by atoms with van der Waals surface area (Å²) < 4.78 is 5.64. The van der Waals surface area contributed by atoms with Gasteiger partial charge in [0.2, 0.25) is 0 Å². The minimum absolute atomic E-state index is 0.314. The van der Waals surface area contributed by atoms with Crippen LogP contribution in [0.2, 0.25) is 5.02 Å². The number of carbonyl (C=O) groups excluding carboxylic acids is 3. The molecule has 0 aliphatic carbocycles. The van der Waals surface area contributed by atoms with E-state index in [9.17, 15) is 14.4 Å². The third-order valence-corrected chi connectivity index (χ3v) is 4.46.